The Kier molecular flexibility index (Phi) is 2.82. The van der Waals surface area contributed by atoms with Crippen LogP contribution in [0.2, 0.25) is 5.02 Å². The fourth-order valence-electron chi connectivity index (χ4n) is 1.65. The number of hydrogen-bond acceptors (Lipinski definition) is 3. The highest BCUT2D eigenvalue weighted by molar-refractivity contribution is 6.30. The predicted molar refractivity (Wildman–Crippen MR) is 71.1 cm³/mol. The number of pyridine rings is 2. The summed E-state index contributed by atoms with van der Waals surface area (Å²) in [6.45, 7) is 0. The molecule has 0 aliphatic rings. The van der Waals surface area contributed by atoms with Crippen molar-refractivity contribution in [2.45, 2.75) is 0 Å². The van der Waals surface area contributed by atoms with E-state index in [0.717, 1.165) is 10.9 Å². The first-order chi connectivity index (χ1) is 8.81. The van der Waals surface area contributed by atoms with Crippen LogP contribution in [0.3, 0.4) is 0 Å². The highest BCUT2D eigenvalue weighted by Crippen LogP contribution is 2.23. The number of benzene rings is 1. The third-order valence-corrected chi connectivity index (χ3v) is 2.72. The molecule has 0 atom stereocenters. The van der Waals surface area contributed by atoms with Crippen molar-refractivity contribution >= 4 is 22.5 Å². The van der Waals surface area contributed by atoms with Crippen molar-refractivity contribution in [2.24, 2.45) is 0 Å². The van der Waals surface area contributed by atoms with Crippen molar-refractivity contribution in [1.29, 1.82) is 0 Å². The second kappa shape index (κ2) is 4.63. The first-order valence-corrected chi connectivity index (χ1v) is 5.83. The van der Waals surface area contributed by atoms with Gasteiger partial charge in [0.15, 0.2) is 0 Å². The second-order valence-corrected chi connectivity index (χ2v) is 4.21. The van der Waals surface area contributed by atoms with E-state index in [1.807, 2.05) is 30.3 Å². The number of rotatable bonds is 2. The molecular weight excluding hydrogens is 248 g/mol. The van der Waals surface area contributed by atoms with E-state index in [4.69, 9.17) is 16.3 Å². The number of halogens is 1. The molecule has 3 aromatic rings. The highest BCUT2D eigenvalue weighted by atomic mass is 35.5. The Balaban J connectivity index is 1.92. The minimum atomic E-state index is 0.509. The van der Waals surface area contributed by atoms with Crippen LogP contribution in [-0.2, 0) is 0 Å². The van der Waals surface area contributed by atoms with Crippen LogP contribution in [-0.4, -0.2) is 9.97 Å². The molecule has 2 heterocycles. The van der Waals surface area contributed by atoms with Gasteiger partial charge in [-0.3, -0.25) is 4.98 Å². The minimum absolute atomic E-state index is 0.509. The lowest BCUT2D eigenvalue weighted by molar-refractivity contribution is 0.463. The Morgan fingerprint density at radius 2 is 1.94 bits per heavy atom. The largest absolute Gasteiger partial charge is 0.439 e. The maximum atomic E-state index is 5.76. The molecule has 0 aliphatic heterocycles. The van der Waals surface area contributed by atoms with Crippen molar-refractivity contribution in [1.82, 2.24) is 9.97 Å². The predicted octanol–water partition coefficient (Wildman–Crippen LogP) is 4.08. The van der Waals surface area contributed by atoms with Crippen LogP contribution in [0.15, 0.2) is 54.9 Å². The van der Waals surface area contributed by atoms with Crippen molar-refractivity contribution in [3.8, 4) is 11.6 Å². The van der Waals surface area contributed by atoms with Crippen LogP contribution in [0.25, 0.3) is 10.9 Å². The van der Waals surface area contributed by atoms with E-state index in [-0.39, 0.29) is 0 Å². The maximum Gasteiger partial charge on any atom is 0.219 e. The molecule has 1 aromatic carbocycles. The number of hydrogen-bond donors (Lipinski definition) is 0. The average molecular weight is 257 g/mol. The standard InChI is InChI=1S/C14H9ClN2O/c15-11-4-6-14(17-9-11)18-12-5-3-10-2-1-7-16-13(10)8-12/h1-9H. The first kappa shape index (κ1) is 11.0. The van der Waals surface area contributed by atoms with Gasteiger partial charge in [0.05, 0.1) is 10.5 Å². The molecule has 4 heteroatoms. The quantitative estimate of drug-likeness (QED) is 0.693. The third-order valence-electron chi connectivity index (χ3n) is 2.50. The van der Waals surface area contributed by atoms with E-state index in [1.54, 1.807) is 24.5 Å². The smallest absolute Gasteiger partial charge is 0.219 e. The van der Waals surface area contributed by atoms with Crippen LogP contribution in [0, 0.1) is 0 Å². The van der Waals surface area contributed by atoms with Crippen LogP contribution in [0.1, 0.15) is 0 Å². The molecule has 0 bridgehead atoms. The van der Waals surface area contributed by atoms with Gasteiger partial charge in [0.1, 0.15) is 5.75 Å². The molecule has 0 amide bonds. The summed E-state index contributed by atoms with van der Waals surface area (Å²) >= 11 is 5.76. The number of ether oxygens (including phenoxy) is 1. The molecule has 0 fully saturated rings. The van der Waals surface area contributed by atoms with Crippen molar-refractivity contribution in [3.05, 3.63) is 59.9 Å². The lowest BCUT2D eigenvalue weighted by atomic mass is 10.2. The molecule has 0 unspecified atom stereocenters. The summed E-state index contributed by atoms with van der Waals surface area (Å²) in [7, 11) is 0. The topological polar surface area (TPSA) is 35.0 Å². The fourth-order valence-corrected chi connectivity index (χ4v) is 1.76. The summed E-state index contributed by atoms with van der Waals surface area (Å²) in [5.74, 6) is 1.21. The van der Waals surface area contributed by atoms with Gasteiger partial charge in [-0.05, 0) is 24.3 Å². The number of aromatic nitrogens is 2. The van der Waals surface area contributed by atoms with Crippen molar-refractivity contribution < 1.29 is 4.74 Å². The Labute approximate surface area is 109 Å². The molecule has 18 heavy (non-hydrogen) atoms. The van der Waals surface area contributed by atoms with Gasteiger partial charge in [-0.2, -0.15) is 0 Å². The Hall–Kier alpha value is -2.13. The molecule has 3 nitrogen and oxygen atoms in total. The summed E-state index contributed by atoms with van der Waals surface area (Å²) in [4.78, 5) is 8.36. The van der Waals surface area contributed by atoms with Crippen molar-refractivity contribution in [2.75, 3.05) is 0 Å². The molecule has 3 rings (SSSR count). The monoisotopic (exact) mass is 256 g/mol. The van der Waals surface area contributed by atoms with E-state index in [9.17, 15) is 0 Å². The van der Waals surface area contributed by atoms with E-state index < -0.39 is 0 Å². The van der Waals surface area contributed by atoms with Gasteiger partial charge in [0.2, 0.25) is 5.88 Å². The molecule has 0 N–H and O–H groups in total. The molecule has 0 aliphatic carbocycles. The number of fused-ring (bicyclic) bond motifs is 1. The second-order valence-electron chi connectivity index (χ2n) is 3.77. The Bertz CT molecular complexity index is 683. The van der Waals surface area contributed by atoms with Crippen LogP contribution >= 0.6 is 11.6 Å². The average Bonchev–Trinajstić information content (AvgIpc) is 2.41. The highest BCUT2D eigenvalue weighted by Gasteiger charge is 2.01. The summed E-state index contributed by atoms with van der Waals surface area (Å²) in [5.41, 5.74) is 0.893. The van der Waals surface area contributed by atoms with Gasteiger partial charge in [-0.15, -0.1) is 0 Å². The summed E-state index contributed by atoms with van der Waals surface area (Å²) in [6, 6.07) is 13.1. The molecular formula is C14H9ClN2O. The SMILES string of the molecule is Clc1ccc(Oc2ccc3cccnc3c2)nc1. The van der Waals surface area contributed by atoms with Crippen LogP contribution in [0.5, 0.6) is 11.6 Å². The van der Waals surface area contributed by atoms with E-state index in [0.29, 0.717) is 16.7 Å². The van der Waals surface area contributed by atoms with Gasteiger partial charge in [0.25, 0.3) is 0 Å². The van der Waals surface area contributed by atoms with Crippen molar-refractivity contribution in [3.63, 3.8) is 0 Å². The number of nitrogens with zero attached hydrogens (tertiary/aromatic N) is 2. The first-order valence-electron chi connectivity index (χ1n) is 5.45. The summed E-state index contributed by atoms with van der Waals surface area (Å²) in [6.07, 6.45) is 3.31. The van der Waals surface area contributed by atoms with E-state index in [1.165, 1.54) is 0 Å². The molecule has 0 radical (unpaired) electrons. The minimum Gasteiger partial charge on any atom is -0.439 e. The third kappa shape index (κ3) is 2.26. The van der Waals surface area contributed by atoms with Gasteiger partial charge < -0.3 is 4.74 Å². The lowest BCUT2D eigenvalue weighted by Crippen LogP contribution is -1.87. The summed E-state index contributed by atoms with van der Waals surface area (Å²) in [5, 5.41) is 1.66. The maximum absolute atomic E-state index is 5.76. The van der Waals surface area contributed by atoms with Crippen LogP contribution < -0.4 is 4.74 Å². The zero-order valence-electron chi connectivity index (χ0n) is 9.38. The molecule has 2 aromatic heterocycles. The van der Waals surface area contributed by atoms with Gasteiger partial charge in [-0.25, -0.2) is 4.98 Å². The molecule has 88 valence electrons. The van der Waals surface area contributed by atoms with Gasteiger partial charge in [0, 0.05) is 29.9 Å². The molecule has 0 saturated carbocycles. The van der Waals surface area contributed by atoms with Gasteiger partial charge >= 0.3 is 0 Å². The summed E-state index contributed by atoms with van der Waals surface area (Å²) < 4.78 is 5.63. The van der Waals surface area contributed by atoms with E-state index >= 15 is 0 Å². The zero-order valence-corrected chi connectivity index (χ0v) is 10.1. The normalized spacial score (nSPS) is 10.5. The molecule has 0 saturated heterocycles. The fraction of sp³-hybridized carbons (Fsp3) is 0. The zero-order chi connectivity index (χ0) is 12.4. The Morgan fingerprint density at radius 1 is 1.00 bits per heavy atom. The lowest BCUT2D eigenvalue weighted by Gasteiger charge is -2.05. The van der Waals surface area contributed by atoms with Crippen LogP contribution in [0.4, 0.5) is 0 Å². The Morgan fingerprint density at radius 3 is 2.78 bits per heavy atom. The van der Waals surface area contributed by atoms with Gasteiger partial charge in [-0.1, -0.05) is 17.7 Å². The molecule has 0 spiro atoms. The van der Waals surface area contributed by atoms with E-state index in [2.05, 4.69) is 9.97 Å².